The highest BCUT2D eigenvalue weighted by atomic mass is 35.5. The normalized spacial score (nSPS) is 19.1. The lowest BCUT2D eigenvalue weighted by molar-refractivity contribution is -0.114. The van der Waals surface area contributed by atoms with Gasteiger partial charge >= 0.3 is 0 Å². The molecular formula is C20H25ClN2O3. The number of para-hydroxylation sites is 1. The second kappa shape index (κ2) is 10.0. The number of benzene rings is 2. The van der Waals surface area contributed by atoms with Crippen LogP contribution in [0.3, 0.4) is 0 Å². The van der Waals surface area contributed by atoms with Gasteiger partial charge in [0.25, 0.3) is 0 Å². The zero-order chi connectivity index (χ0) is 17.5. The van der Waals surface area contributed by atoms with Crippen molar-refractivity contribution in [2.75, 3.05) is 17.2 Å². The first kappa shape index (κ1) is 20.1. The number of ether oxygens (including phenoxy) is 1. The number of anilines is 2. The Morgan fingerprint density at radius 3 is 2.38 bits per heavy atom. The van der Waals surface area contributed by atoms with Crippen molar-refractivity contribution in [2.45, 2.75) is 37.9 Å². The van der Waals surface area contributed by atoms with Crippen molar-refractivity contribution in [3.63, 3.8) is 0 Å². The predicted octanol–water partition coefficient (Wildman–Crippen LogP) is 3.84. The Labute approximate surface area is 160 Å². The van der Waals surface area contributed by atoms with Gasteiger partial charge in [0.2, 0.25) is 5.91 Å². The summed E-state index contributed by atoms with van der Waals surface area (Å²) in [5.74, 6) is 0.603. The molecule has 0 saturated heterocycles. The lowest BCUT2D eigenvalue weighted by Crippen LogP contribution is -2.34. The first-order valence-corrected chi connectivity index (χ1v) is 8.74. The van der Waals surface area contributed by atoms with Gasteiger partial charge in [-0.3, -0.25) is 4.79 Å². The second-order valence-electron chi connectivity index (χ2n) is 6.30. The first-order chi connectivity index (χ1) is 12.2. The van der Waals surface area contributed by atoms with Crippen molar-refractivity contribution in [1.82, 2.24) is 0 Å². The predicted molar refractivity (Wildman–Crippen MR) is 106 cm³/mol. The minimum absolute atomic E-state index is 0. The van der Waals surface area contributed by atoms with E-state index >= 15 is 0 Å². The van der Waals surface area contributed by atoms with Gasteiger partial charge in [0.05, 0.1) is 12.6 Å². The summed E-state index contributed by atoms with van der Waals surface area (Å²) in [5, 5.41) is 15.9. The molecule has 0 heterocycles. The van der Waals surface area contributed by atoms with Gasteiger partial charge in [-0.1, -0.05) is 24.6 Å². The molecule has 1 fully saturated rings. The topological polar surface area (TPSA) is 70.6 Å². The molecule has 3 N–H and O–H groups in total. The number of hydrogen-bond donors (Lipinski definition) is 3. The number of halogens is 1. The number of carbonyl (C=O) groups excluding carboxylic acids is 1. The Morgan fingerprint density at radius 1 is 1.00 bits per heavy atom. The lowest BCUT2D eigenvalue weighted by atomic mass is 9.95. The molecule has 0 bridgehead atoms. The van der Waals surface area contributed by atoms with Crippen molar-refractivity contribution in [2.24, 2.45) is 0 Å². The van der Waals surface area contributed by atoms with Crippen LogP contribution in [0.25, 0.3) is 0 Å². The zero-order valence-corrected chi connectivity index (χ0v) is 15.4. The van der Waals surface area contributed by atoms with E-state index in [2.05, 4.69) is 10.6 Å². The Kier molecular flexibility index (Phi) is 7.75. The van der Waals surface area contributed by atoms with Crippen molar-refractivity contribution in [3.05, 3.63) is 54.6 Å². The Bertz CT molecular complexity index is 679. The van der Waals surface area contributed by atoms with E-state index in [1.807, 2.05) is 54.6 Å². The largest absolute Gasteiger partial charge is 0.488 e. The van der Waals surface area contributed by atoms with Crippen LogP contribution in [0.4, 0.5) is 11.4 Å². The molecule has 2 atom stereocenters. The average molecular weight is 377 g/mol. The summed E-state index contributed by atoms with van der Waals surface area (Å²) in [4.78, 5) is 12.0. The van der Waals surface area contributed by atoms with Crippen molar-refractivity contribution in [1.29, 1.82) is 0 Å². The molecule has 0 radical (unpaired) electrons. The summed E-state index contributed by atoms with van der Waals surface area (Å²) in [5.41, 5.74) is 1.63. The SMILES string of the molecule is Cl.O=C(CNc1ccccc1)Nc1ccc(OC2CCCCC2O)cc1. The van der Waals surface area contributed by atoms with Gasteiger partial charge in [-0.15, -0.1) is 12.4 Å². The van der Waals surface area contributed by atoms with Gasteiger partial charge in [0.1, 0.15) is 11.9 Å². The monoisotopic (exact) mass is 376 g/mol. The number of aliphatic hydroxyl groups excluding tert-OH is 1. The lowest BCUT2D eigenvalue weighted by Gasteiger charge is -2.28. The molecule has 2 aromatic carbocycles. The van der Waals surface area contributed by atoms with Crippen molar-refractivity contribution < 1.29 is 14.6 Å². The van der Waals surface area contributed by atoms with Gasteiger partial charge in [-0.2, -0.15) is 0 Å². The summed E-state index contributed by atoms with van der Waals surface area (Å²) in [6.45, 7) is 0.205. The van der Waals surface area contributed by atoms with Crippen LogP contribution < -0.4 is 15.4 Å². The van der Waals surface area contributed by atoms with E-state index in [9.17, 15) is 9.90 Å². The summed E-state index contributed by atoms with van der Waals surface area (Å²) >= 11 is 0. The summed E-state index contributed by atoms with van der Waals surface area (Å²) in [6.07, 6.45) is 3.30. The van der Waals surface area contributed by atoms with Crippen LogP contribution in [-0.4, -0.2) is 29.8 Å². The Balaban J connectivity index is 0.00000243. The minimum atomic E-state index is -0.391. The van der Waals surface area contributed by atoms with Crippen molar-refractivity contribution >= 4 is 29.7 Å². The van der Waals surface area contributed by atoms with E-state index in [-0.39, 0.29) is 31.0 Å². The number of hydrogen-bond acceptors (Lipinski definition) is 4. The average Bonchev–Trinajstić information content (AvgIpc) is 2.64. The van der Waals surface area contributed by atoms with Crippen LogP contribution in [-0.2, 0) is 4.79 Å². The molecule has 0 spiro atoms. The third-order valence-electron chi connectivity index (χ3n) is 4.32. The summed E-state index contributed by atoms with van der Waals surface area (Å²) in [6, 6.07) is 16.9. The van der Waals surface area contributed by atoms with Crippen LogP contribution in [0.15, 0.2) is 54.6 Å². The fourth-order valence-electron chi connectivity index (χ4n) is 2.95. The Morgan fingerprint density at radius 2 is 1.69 bits per heavy atom. The standard InChI is InChI=1S/C20H24N2O3.ClH/c23-18-8-4-5-9-19(18)25-17-12-10-16(11-13-17)22-20(24)14-21-15-6-2-1-3-7-15;/h1-3,6-7,10-13,18-19,21,23H,4-5,8-9,14H2,(H,22,24);1H. The van der Waals surface area contributed by atoms with E-state index in [0.717, 1.165) is 37.1 Å². The molecule has 3 rings (SSSR count). The number of carbonyl (C=O) groups is 1. The van der Waals surface area contributed by atoms with E-state index in [1.165, 1.54) is 0 Å². The maximum absolute atomic E-state index is 12.0. The highest BCUT2D eigenvalue weighted by Crippen LogP contribution is 2.24. The van der Waals surface area contributed by atoms with Crippen LogP contribution in [0.1, 0.15) is 25.7 Å². The molecule has 2 unspecified atom stereocenters. The third-order valence-corrected chi connectivity index (χ3v) is 4.32. The fourth-order valence-corrected chi connectivity index (χ4v) is 2.95. The van der Waals surface area contributed by atoms with Gasteiger partial charge in [-0.05, 0) is 55.7 Å². The van der Waals surface area contributed by atoms with E-state index < -0.39 is 6.10 Å². The van der Waals surface area contributed by atoms with Crippen LogP contribution >= 0.6 is 12.4 Å². The fraction of sp³-hybridized carbons (Fsp3) is 0.350. The number of rotatable bonds is 6. The van der Waals surface area contributed by atoms with Crippen LogP contribution in [0.5, 0.6) is 5.75 Å². The first-order valence-electron chi connectivity index (χ1n) is 8.74. The summed E-state index contributed by atoms with van der Waals surface area (Å²) in [7, 11) is 0. The molecule has 5 nitrogen and oxygen atoms in total. The highest BCUT2D eigenvalue weighted by Gasteiger charge is 2.24. The van der Waals surface area contributed by atoms with E-state index in [1.54, 1.807) is 0 Å². The van der Waals surface area contributed by atoms with Gasteiger partial charge in [0, 0.05) is 11.4 Å². The van der Waals surface area contributed by atoms with Crippen LogP contribution in [0.2, 0.25) is 0 Å². The van der Waals surface area contributed by atoms with Gasteiger partial charge < -0.3 is 20.5 Å². The van der Waals surface area contributed by atoms with Crippen LogP contribution in [0, 0.1) is 0 Å². The highest BCUT2D eigenvalue weighted by molar-refractivity contribution is 5.93. The number of aliphatic hydroxyl groups is 1. The van der Waals surface area contributed by atoms with Crippen molar-refractivity contribution in [3.8, 4) is 5.75 Å². The maximum Gasteiger partial charge on any atom is 0.243 e. The molecule has 26 heavy (non-hydrogen) atoms. The second-order valence-corrected chi connectivity index (χ2v) is 6.30. The molecule has 1 saturated carbocycles. The van der Waals surface area contributed by atoms with Gasteiger partial charge in [-0.25, -0.2) is 0 Å². The zero-order valence-electron chi connectivity index (χ0n) is 14.6. The number of nitrogens with one attached hydrogen (secondary N) is 2. The quantitative estimate of drug-likeness (QED) is 0.716. The molecule has 6 heteroatoms. The van der Waals surface area contributed by atoms with Gasteiger partial charge in [0.15, 0.2) is 0 Å². The maximum atomic E-state index is 12.0. The minimum Gasteiger partial charge on any atom is -0.488 e. The molecule has 0 aliphatic heterocycles. The molecule has 1 aliphatic rings. The number of amides is 1. The molecule has 2 aromatic rings. The van der Waals surface area contributed by atoms with E-state index in [4.69, 9.17) is 4.74 Å². The molecule has 1 aliphatic carbocycles. The van der Waals surface area contributed by atoms with E-state index in [0.29, 0.717) is 5.75 Å². The smallest absolute Gasteiger partial charge is 0.243 e. The molecule has 140 valence electrons. The summed E-state index contributed by atoms with van der Waals surface area (Å²) < 4.78 is 5.86. The molecule has 0 aromatic heterocycles. The third kappa shape index (κ3) is 5.93. The molecular weight excluding hydrogens is 352 g/mol. The molecule has 1 amide bonds. The Hall–Kier alpha value is -2.24.